The molecule has 0 fully saturated rings. The number of ether oxygens (including phenoxy) is 1. The smallest absolute Gasteiger partial charge is 0.166 e. The average Bonchev–Trinajstić information content (AvgIpc) is 2.88. The maximum absolute atomic E-state index is 13.6. The molecule has 0 aliphatic heterocycles. The molecule has 0 aliphatic rings. The van der Waals surface area contributed by atoms with Crippen LogP contribution in [0.3, 0.4) is 0 Å². The van der Waals surface area contributed by atoms with E-state index in [1.807, 2.05) is 0 Å². The van der Waals surface area contributed by atoms with Crippen LogP contribution in [0, 0.1) is 5.82 Å². The van der Waals surface area contributed by atoms with E-state index in [-0.39, 0.29) is 17.8 Å². The van der Waals surface area contributed by atoms with Crippen molar-refractivity contribution < 1.29 is 18.3 Å². The van der Waals surface area contributed by atoms with Gasteiger partial charge in [-0.1, -0.05) is 0 Å². The predicted octanol–water partition coefficient (Wildman–Crippen LogP) is 3.24. The van der Waals surface area contributed by atoms with Crippen LogP contribution >= 0.6 is 0 Å². The first-order valence-corrected chi connectivity index (χ1v) is 5.60. The standard InChI is InChI=1S/C14H13FO3/c1-17-11-4-6-12(13(15)9-11)14(16)7-5-10-3-2-8-18-10/h2-4,6,8-9H,5,7H2,1H3. The van der Waals surface area contributed by atoms with Crippen LogP contribution in [0.15, 0.2) is 41.0 Å². The topological polar surface area (TPSA) is 39.4 Å². The van der Waals surface area contributed by atoms with Crippen molar-refractivity contribution in [3.8, 4) is 5.75 Å². The summed E-state index contributed by atoms with van der Waals surface area (Å²) in [6, 6.07) is 7.77. The van der Waals surface area contributed by atoms with E-state index in [9.17, 15) is 9.18 Å². The maximum atomic E-state index is 13.6. The molecule has 3 nitrogen and oxygen atoms in total. The third-order valence-electron chi connectivity index (χ3n) is 2.66. The van der Waals surface area contributed by atoms with E-state index in [2.05, 4.69) is 0 Å². The molecule has 2 aromatic rings. The van der Waals surface area contributed by atoms with Gasteiger partial charge in [-0.3, -0.25) is 4.79 Å². The molecule has 2 rings (SSSR count). The monoisotopic (exact) mass is 248 g/mol. The molecule has 1 heterocycles. The van der Waals surface area contributed by atoms with E-state index in [4.69, 9.17) is 9.15 Å². The Labute approximate surface area is 104 Å². The highest BCUT2D eigenvalue weighted by Crippen LogP contribution is 2.18. The van der Waals surface area contributed by atoms with E-state index in [1.54, 1.807) is 24.5 Å². The van der Waals surface area contributed by atoms with Crippen LogP contribution in [0.2, 0.25) is 0 Å². The van der Waals surface area contributed by atoms with Crippen LogP contribution in [-0.4, -0.2) is 12.9 Å². The molecule has 0 bridgehead atoms. The molecule has 0 unspecified atom stereocenters. The van der Waals surface area contributed by atoms with Crippen LogP contribution in [0.4, 0.5) is 4.39 Å². The Morgan fingerprint density at radius 2 is 2.22 bits per heavy atom. The number of rotatable bonds is 5. The number of methoxy groups -OCH3 is 1. The summed E-state index contributed by atoms with van der Waals surface area (Å²) in [5, 5.41) is 0. The van der Waals surface area contributed by atoms with Crippen LogP contribution in [0.1, 0.15) is 22.5 Å². The zero-order valence-corrected chi connectivity index (χ0v) is 9.98. The van der Waals surface area contributed by atoms with Gasteiger partial charge in [0.1, 0.15) is 17.3 Å². The number of hydrogen-bond acceptors (Lipinski definition) is 3. The quantitative estimate of drug-likeness (QED) is 0.762. The number of aryl methyl sites for hydroxylation is 1. The molecule has 4 heteroatoms. The van der Waals surface area contributed by atoms with Crippen molar-refractivity contribution in [1.29, 1.82) is 0 Å². The molecule has 94 valence electrons. The second kappa shape index (κ2) is 5.49. The second-order valence-corrected chi connectivity index (χ2v) is 3.85. The Bertz CT molecular complexity index is 532. The predicted molar refractivity (Wildman–Crippen MR) is 64.3 cm³/mol. The second-order valence-electron chi connectivity index (χ2n) is 3.85. The van der Waals surface area contributed by atoms with Gasteiger partial charge in [-0.25, -0.2) is 4.39 Å². The van der Waals surface area contributed by atoms with Crippen LogP contribution in [0.5, 0.6) is 5.75 Å². The lowest BCUT2D eigenvalue weighted by Crippen LogP contribution is -2.04. The summed E-state index contributed by atoms with van der Waals surface area (Å²) < 4.78 is 23.6. The molecule has 0 spiro atoms. The average molecular weight is 248 g/mol. The Hall–Kier alpha value is -2.10. The lowest BCUT2D eigenvalue weighted by Gasteiger charge is -2.04. The van der Waals surface area contributed by atoms with Crippen LogP contribution in [0.25, 0.3) is 0 Å². The van der Waals surface area contributed by atoms with Crippen molar-refractivity contribution in [2.45, 2.75) is 12.8 Å². The molecule has 0 saturated carbocycles. The minimum absolute atomic E-state index is 0.0855. The lowest BCUT2D eigenvalue weighted by molar-refractivity contribution is 0.0977. The molecule has 0 N–H and O–H groups in total. The summed E-state index contributed by atoms with van der Waals surface area (Å²) in [6.07, 6.45) is 2.24. The highest BCUT2D eigenvalue weighted by Gasteiger charge is 2.13. The third-order valence-corrected chi connectivity index (χ3v) is 2.66. The summed E-state index contributed by atoms with van der Waals surface area (Å²) in [4.78, 5) is 11.8. The zero-order chi connectivity index (χ0) is 13.0. The first-order chi connectivity index (χ1) is 8.70. The Morgan fingerprint density at radius 1 is 1.39 bits per heavy atom. The summed E-state index contributed by atoms with van der Waals surface area (Å²) >= 11 is 0. The van der Waals surface area contributed by atoms with Gasteiger partial charge < -0.3 is 9.15 Å². The SMILES string of the molecule is COc1ccc(C(=O)CCc2ccco2)c(F)c1. The van der Waals surface area contributed by atoms with Crippen molar-refractivity contribution in [3.05, 3.63) is 53.7 Å². The number of carbonyl (C=O) groups excluding carboxylic acids is 1. The van der Waals surface area contributed by atoms with Crippen LogP contribution < -0.4 is 4.74 Å². The number of hydrogen-bond donors (Lipinski definition) is 0. The first-order valence-electron chi connectivity index (χ1n) is 5.60. The fraction of sp³-hybridized carbons (Fsp3) is 0.214. The van der Waals surface area contributed by atoms with Gasteiger partial charge in [0, 0.05) is 18.9 Å². The van der Waals surface area contributed by atoms with Gasteiger partial charge in [0.15, 0.2) is 5.78 Å². The fourth-order valence-electron chi connectivity index (χ4n) is 1.68. The number of halogens is 1. The van der Waals surface area contributed by atoms with Gasteiger partial charge in [0.05, 0.1) is 18.9 Å². The van der Waals surface area contributed by atoms with Gasteiger partial charge >= 0.3 is 0 Å². The number of carbonyl (C=O) groups is 1. The summed E-state index contributed by atoms with van der Waals surface area (Å²) in [7, 11) is 1.45. The summed E-state index contributed by atoms with van der Waals surface area (Å²) in [5.41, 5.74) is 0.0855. The Morgan fingerprint density at radius 3 is 2.83 bits per heavy atom. The van der Waals surface area contributed by atoms with Gasteiger partial charge in [-0.2, -0.15) is 0 Å². The minimum Gasteiger partial charge on any atom is -0.497 e. The van der Waals surface area contributed by atoms with Crippen molar-refractivity contribution in [3.63, 3.8) is 0 Å². The molecule has 0 saturated heterocycles. The van der Waals surface area contributed by atoms with Crippen LogP contribution in [-0.2, 0) is 6.42 Å². The van der Waals surface area contributed by atoms with Crippen molar-refractivity contribution in [1.82, 2.24) is 0 Å². The van der Waals surface area contributed by atoms with Gasteiger partial charge in [-0.15, -0.1) is 0 Å². The van der Waals surface area contributed by atoms with Crippen molar-refractivity contribution >= 4 is 5.78 Å². The van der Waals surface area contributed by atoms with Crippen molar-refractivity contribution in [2.75, 3.05) is 7.11 Å². The normalized spacial score (nSPS) is 10.3. The minimum atomic E-state index is -0.557. The first kappa shape index (κ1) is 12.4. The highest BCUT2D eigenvalue weighted by atomic mass is 19.1. The summed E-state index contributed by atoms with van der Waals surface area (Å²) in [6.45, 7) is 0. The Kier molecular flexibility index (Phi) is 3.77. The molecular formula is C14H13FO3. The molecule has 0 atom stereocenters. The number of furan rings is 1. The number of ketones is 1. The molecule has 1 aromatic carbocycles. The molecule has 18 heavy (non-hydrogen) atoms. The number of benzene rings is 1. The third kappa shape index (κ3) is 2.77. The molecular weight excluding hydrogens is 235 g/mol. The van der Waals surface area contributed by atoms with Gasteiger partial charge in [0.2, 0.25) is 0 Å². The largest absolute Gasteiger partial charge is 0.497 e. The number of Topliss-reactive ketones (excluding diaryl/α,β-unsaturated/α-hetero) is 1. The van der Waals surface area contributed by atoms with Crippen molar-refractivity contribution in [2.24, 2.45) is 0 Å². The van der Waals surface area contributed by atoms with E-state index < -0.39 is 5.82 Å². The van der Waals surface area contributed by atoms with Gasteiger partial charge in [-0.05, 0) is 24.3 Å². The molecule has 0 amide bonds. The van der Waals surface area contributed by atoms with E-state index in [0.717, 1.165) is 5.76 Å². The maximum Gasteiger partial charge on any atom is 0.166 e. The van der Waals surface area contributed by atoms with E-state index in [1.165, 1.54) is 19.2 Å². The van der Waals surface area contributed by atoms with E-state index >= 15 is 0 Å². The summed E-state index contributed by atoms with van der Waals surface area (Å²) in [5.74, 6) is 0.317. The zero-order valence-electron chi connectivity index (χ0n) is 9.98. The van der Waals surface area contributed by atoms with E-state index in [0.29, 0.717) is 12.2 Å². The van der Waals surface area contributed by atoms with Gasteiger partial charge in [0.25, 0.3) is 0 Å². The lowest BCUT2D eigenvalue weighted by atomic mass is 10.1. The molecule has 1 aromatic heterocycles. The fourth-order valence-corrected chi connectivity index (χ4v) is 1.68. The molecule has 0 radical (unpaired) electrons. The highest BCUT2D eigenvalue weighted by molar-refractivity contribution is 5.96. The Balaban J connectivity index is 2.04. The molecule has 0 aliphatic carbocycles.